The normalized spacial score (nSPS) is 12.2. The van der Waals surface area contributed by atoms with Gasteiger partial charge in [-0.25, -0.2) is 13.2 Å². The third kappa shape index (κ3) is 4.10. The lowest BCUT2D eigenvalue weighted by Crippen LogP contribution is -2.38. The smallest absolute Gasteiger partial charge is 0.419 e. The molecule has 0 aliphatic heterocycles. The van der Waals surface area contributed by atoms with Crippen molar-refractivity contribution in [1.29, 1.82) is 0 Å². The Kier molecular flexibility index (Phi) is 5.69. The van der Waals surface area contributed by atoms with E-state index in [1.807, 2.05) is 13.8 Å². The number of esters is 1. The number of rotatable bonds is 7. The van der Waals surface area contributed by atoms with Crippen LogP contribution in [-0.2, 0) is 26.6 Å². The molecule has 0 unspecified atom stereocenters. The summed E-state index contributed by atoms with van der Waals surface area (Å²) in [7, 11) is -2.41. The standard InChI is InChI=1S/C16H22N2O6S/c1-5-23-15(19)10-18(9-11(2)3)25(21,22)12-6-7-13-14(8-12)24-16(20)17(13)4/h6-8,11H,5,9-10H2,1-4H3. The lowest BCUT2D eigenvalue weighted by Gasteiger charge is -2.23. The first-order valence-electron chi connectivity index (χ1n) is 7.92. The molecule has 0 aliphatic carbocycles. The molecule has 0 saturated carbocycles. The molecule has 2 aromatic rings. The van der Waals surface area contributed by atoms with Crippen LogP contribution in [0, 0.1) is 5.92 Å². The highest BCUT2D eigenvalue weighted by atomic mass is 32.2. The molecule has 2 rings (SSSR count). The molecule has 25 heavy (non-hydrogen) atoms. The van der Waals surface area contributed by atoms with Crippen molar-refractivity contribution in [3.8, 4) is 0 Å². The minimum absolute atomic E-state index is 0.0163. The van der Waals surface area contributed by atoms with Crippen LogP contribution in [0.3, 0.4) is 0 Å². The van der Waals surface area contributed by atoms with E-state index in [0.717, 1.165) is 4.31 Å². The van der Waals surface area contributed by atoms with Gasteiger partial charge >= 0.3 is 11.7 Å². The van der Waals surface area contributed by atoms with Crippen LogP contribution >= 0.6 is 0 Å². The van der Waals surface area contributed by atoms with Gasteiger partial charge in [-0.05, 0) is 25.0 Å². The molecule has 0 fully saturated rings. The summed E-state index contributed by atoms with van der Waals surface area (Å²) in [6.07, 6.45) is 0. The predicted octanol–water partition coefficient (Wildman–Crippen LogP) is 1.34. The van der Waals surface area contributed by atoms with E-state index in [9.17, 15) is 18.0 Å². The van der Waals surface area contributed by atoms with Gasteiger partial charge in [0.2, 0.25) is 10.0 Å². The summed E-state index contributed by atoms with van der Waals surface area (Å²) in [4.78, 5) is 23.3. The van der Waals surface area contributed by atoms with Crippen LogP contribution in [-0.4, -0.2) is 43.0 Å². The van der Waals surface area contributed by atoms with Crippen molar-refractivity contribution in [2.24, 2.45) is 13.0 Å². The van der Waals surface area contributed by atoms with Gasteiger partial charge in [0.1, 0.15) is 6.54 Å². The van der Waals surface area contributed by atoms with E-state index >= 15 is 0 Å². The summed E-state index contributed by atoms with van der Waals surface area (Å²) in [5.41, 5.74) is 0.666. The van der Waals surface area contributed by atoms with E-state index < -0.39 is 21.7 Å². The van der Waals surface area contributed by atoms with E-state index in [0.29, 0.717) is 5.52 Å². The summed E-state index contributed by atoms with van der Waals surface area (Å²) >= 11 is 0. The minimum atomic E-state index is -3.94. The fourth-order valence-corrected chi connectivity index (χ4v) is 3.99. The predicted molar refractivity (Wildman–Crippen MR) is 91.7 cm³/mol. The minimum Gasteiger partial charge on any atom is -0.465 e. The quantitative estimate of drug-likeness (QED) is 0.682. The van der Waals surface area contributed by atoms with Crippen LogP contribution in [0.2, 0.25) is 0 Å². The highest BCUT2D eigenvalue weighted by molar-refractivity contribution is 7.89. The second-order valence-electron chi connectivity index (χ2n) is 6.05. The van der Waals surface area contributed by atoms with Crippen molar-refractivity contribution < 1.29 is 22.4 Å². The maximum absolute atomic E-state index is 12.9. The van der Waals surface area contributed by atoms with E-state index in [1.165, 1.54) is 29.8 Å². The number of ether oxygens (including phenoxy) is 1. The SMILES string of the molecule is CCOC(=O)CN(CC(C)C)S(=O)(=O)c1ccc2c(c1)oc(=O)n2C. The van der Waals surface area contributed by atoms with Crippen LogP contribution in [0.4, 0.5) is 0 Å². The number of hydrogen-bond acceptors (Lipinski definition) is 6. The third-order valence-corrected chi connectivity index (χ3v) is 5.39. The summed E-state index contributed by atoms with van der Waals surface area (Å²) < 4.78 is 38.2. The second kappa shape index (κ2) is 7.40. The molecule has 9 heteroatoms. The number of oxazole rings is 1. The van der Waals surface area contributed by atoms with Crippen molar-refractivity contribution in [2.45, 2.75) is 25.7 Å². The second-order valence-corrected chi connectivity index (χ2v) is 7.99. The molecule has 1 aromatic carbocycles. The molecule has 138 valence electrons. The summed E-state index contributed by atoms with van der Waals surface area (Å²) in [6.45, 7) is 5.34. The van der Waals surface area contributed by atoms with Gasteiger partial charge in [-0.1, -0.05) is 13.8 Å². The lowest BCUT2D eigenvalue weighted by atomic mass is 10.2. The highest BCUT2D eigenvalue weighted by Crippen LogP contribution is 2.22. The maximum atomic E-state index is 12.9. The third-order valence-electron chi connectivity index (χ3n) is 3.58. The Bertz CT molecular complexity index is 926. The molecule has 0 bridgehead atoms. The number of carbonyl (C=O) groups excluding carboxylic acids is 1. The first kappa shape index (κ1) is 19.2. The molecule has 0 N–H and O–H groups in total. The molecule has 0 spiro atoms. The number of fused-ring (bicyclic) bond motifs is 1. The number of aromatic nitrogens is 1. The fraction of sp³-hybridized carbons (Fsp3) is 0.500. The van der Waals surface area contributed by atoms with E-state index in [4.69, 9.17) is 9.15 Å². The van der Waals surface area contributed by atoms with Crippen LogP contribution in [0.15, 0.2) is 32.3 Å². The number of nitrogens with zero attached hydrogens (tertiary/aromatic N) is 2. The van der Waals surface area contributed by atoms with Crippen LogP contribution in [0.25, 0.3) is 11.1 Å². The first-order valence-corrected chi connectivity index (χ1v) is 9.36. The van der Waals surface area contributed by atoms with Gasteiger partial charge < -0.3 is 9.15 Å². The largest absolute Gasteiger partial charge is 0.465 e. The van der Waals surface area contributed by atoms with E-state index in [2.05, 4.69) is 0 Å². The average Bonchev–Trinajstić information content (AvgIpc) is 2.80. The molecular formula is C16H22N2O6S. The molecule has 0 saturated heterocycles. The van der Waals surface area contributed by atoms with Gasteiger partial charge in [-0.2, -0.15) is 4.31 Å². The zero-order chi connectivity index (χ0) is 18.8. The Morgan fingerprint density at radius 1 is 1.36 bits per heavy atom. The monoisotopic (exact) mass is 370 g/mol. The Hall–Kier alpha value is -2.13. The summed E-state index contributed by atoms with van der Waals surface area (Å²) in [5.74, 6) is -1.17. The highest BCUT2D eigenvalue weighted by Gasteiger charge is 2.28. The van der Waals surface area contributed by atoms with Gasteiger partial charge in [0.15, 0.2) is 5.58 Å². The Labute approximate surface area is 146 Å². The van der Waals surface area contributed by atoms with Crippen molar-refractivity contribution in [3.63, 3.8) is 0 Å². The van der Waals surface area contributed by atoms with Gasteiger partial charge in [-0.3, -0.25) is 9.36 Å². The zero-order valence-corrected chi connectivity index (χ0v) is 15.5. The van der Waals surface area contributed by atoms with E-state index in [-0.39, 0.29) is 36.1 Å². The molecule has 1 aromatic heterocycles. The number of aryl methyl sites for hydroxylation is 1. The Morgan fingerprint density at radius 3 is 2.64 bits per heavy atom. The van der Waals surface area contributed by atoms with E-state index in [1.54, 1.807) is 6.92 Å². The summed E-state index contributed by atoms with van der Waals surface area (Å²) in [5, 5.41) is 0. The van der Waals surface area contributed by atoms with Crippen molar-refractivity contribution in [3.05, 3.63) is 28.7 Å². The van der Waals surface area contributed by atoms with Gasteiger partial charge in [0.05, 0.1) is 17.0 Å². The number of carbonyl (C=O) groups is 1. The molecular weight excluding hydrogens is 348 g/mol. The maximum Gasteiger partial charge on any atom is 0.419 e. The van der Waals surface area contributed by atoms with Crippen molar-refractivity contribution >= 4 is 27.1 Å². The number of hydrogen-bond donors (Lipinski definition) is 0. The molecule has 0 aliphatic rings. The number of benzene rings is 1. The van der Waals surface area contributed by atoms with Crippen LogP contribution in [0.5, 0.6) is 0 Å². The topological polar surface area (TPSA) is 98.8 Å². The van der Waals surface area contributed by atoms with Crippen molar-refractivity contribution in [1.82, 2.24) is 8.87 Å². The summed E-state index contributed by atoms with van der Waals surface area (Å²) in [6, 6.07) is 4.20. The average molecular weight is 370 g/mol. The Balaban J connectivity index is 2.44. The molecule has 0 radical (unpaired) electrons. The Morgan fingerprint density at radius 2 is 2.04 bits per heavy atom. The zero-order valence-electron chi connectivity index (χ0n) is 14.7. The van der Waals surface area contributed by atoms with Gasteiger partial charge in [-0.15, -0.1) is 0 Å². The number of sulfonamides is 1. The van der Waals surface area contributed by atoms with Crippen LogP contribution in [0.1, 0.15) is 20.8 Å². The molecule has 0 atom stereocenters. The van der Waals surface area contributed by atoms with Gasteiger partial charge in [0.25, 0.3) is 0 Å². The van der Waals surface area contributed by atoms with Gasteiger partial charge in [0, 0.05) is 19.7 Å². The molecule has 8 nitrogen and oxygen atoms in total. The fourth-order valence-electron chi connectivity index (χ4n) is 2.43. The van der Waals surface area contributed by atoms with Crippen LogP contribution < -0.4 is 5.76 Å². The first-order chi connectivity index (χ1) is 11.7. The lowest BCUT2D eigenvalue weighted by molar-refractivity contribution is -0.143. The molecule has 1 heterocycles. The van der Waals surface area contributed by atoms with Crippen molar-refractivity contribution in [2.75, 3.05) is 19.7 Å². The molecule has 0 amide bonds.